The maximum Gasteiger partial charge on any atom is 0.276 e. The molecule has 2 N–H and O–H groups in total. The maximum absolute atomic E-state index is 12.6. The normalized spacial score (nSPS) is 21.3. The number of hydrogen-bond acceptors (Lipinski definition) is 4. The molecule has 23 heavy (non-hydrogen) atoms. The van der Waals surface area contributed by atoms with Gasteiger partial charge in [-0.3, -0.25) is 14.7 Å². The molecule has 2 unspecified atom stereocenters. The number of fused-ring (bicyclic) bond motifs is 1. The van der Waals surface area contributed by atoms with Crippen LogP contribution in [0.1, 0.15) is 25.1 Å². The third kappa shape index (κ3) is 3.11. The van der Waals surface area contributed by atoms with Crippen molar-refractivity contribution < 1.29 is 4.79 Å². The van der Waals surface area contributed by atoms with Crippen molar-refractivity contribution in [2.45, 2.75) is 39.3 Å². The number of carbonyl (C=O) groups excluding carboxylic acids is 1. The van der Waals surface area contributed by atoms with Crippen LogP contribution >= 0.6 is 12.4 Å². The Balaban J connectivity index is 0.00000192. The van der Waals surface area contributed by atoms with Gasteiger partial charge in [-0.25, -0.2) is 9.50 Å². The standard InChI is InChI=1S/C15H21N5O2.ClH/c1-9-11(3)19(7-6-16-9)14(21)8-12-10(2)18-13-4-5-17-20(13)15(12)22;/h4-5,9,11,16-17H,6-8H2,1-3H3;1H. The zero-order valence-electron chi connectivity index (χ0n) is 13.5. The minimum atomic E-state index is -0.198. The van der Waals surface area contributed by atoms with E-state index in [0.717, 1.165) is 6.54 Å². The van der Waals surface area contributed by atoms with Gasteiger partial charge in [0.25, 0.3) is 5.56 Å². The number of nitrogens with one attached hydrogen (secondary N) is 2. The summed E-state index contributed by atoms with van der Waals surface area (Å²) in [5.74, 6) is -0.0191. The Morgan fingerprint density at radius 3 is 2.91 bits per heavy atom. The summed E-state index contributed by atoms with van der Waals surface area (Å²) in [5, 5.41) is 6.18. The number of H-pyrrole nitrogens is 1. The second-order valence-electron chi connectivity index (χ2n) is 5.88. The molecule has 1 saturated heterocycles. The van der Waals surface area contributed by atoms with Crippen molar-refractivity contribution in [1.29, 1.82) is 0 Å². The summed E-state index contributed by atoms with van der Waals surface area (Å²) >= 11 is 0. The lowest BCUT2D eigenvalue weighted by Crippen LogP contribution is -2.57. The van der Waals surface area contributed by atoms with Crippen molar-refractivity contribution in [3.8, 4) is 0 Å². The number of hydrogen-bond donors (Lipinski definition) is 2. The monoisotopic (exact) mass is 339 g/mol. The number of nitrogens with zero attached hydrogens (tertiary/aromatic N) is 3. The summed E-state index contributed by atoms with van der Waals surface area (Å²) in [4.78, 5) is 31.3. The molecule has 0 spiro atoms. The van der Waals surface area contributed by atoms with Gasteiger partial charge in [-0.1, -0.05) is 0 Å². The van der Waals surface area contributed by atoms with E-state index in [9.17, 15) is 9.59 Å². The molecular formula is C15H22ClN5O2. The average Bonchev–Trinajstić information content (AvgIpc) is 2.94. The van der Waals surface area contributed by atoms with E-state index in [0.29, 0.717) is 23.4 Å². The molecule has 0 aromatic carbocycles. The first-order valence-corrected chi connectivity index (χ1v) is 7.57. The molecule has 2 aromatic rings. The van der Waals surface area contributed by atoms with E-state index >= 15 is 0 Å². The highest BCUT2D eigenvalue weighted by Gasteiger charge is 2.29. The van der Waals surface area contributed by atoms with Crippen LogP contribution in [-0.4, -0.2) is 50.6 Å². The molecule has 3 heterocycles. The van der Waals surface area contributed by atoms with Crippen molar-refractivity contribution in [1.82, 2.24) is 24.8 Å². The summed E-state index contributed by atoms with van der Waals surface area (Å²) in [7, 11) is 0. The fraction of sp³-hybridized carbons (Fsp3) is 0.533. The summed E-state index contributed by atoms with van der Waals surface area (Å²) in [6, 6.07) is 2.11. The second kappa shape index (κ2) is 6.72. The molecule has 126 valence electrons. The topological polar surface area (TPSA) is 82.5 Å². The Bertz CT molecular complexity index is 769. The van der Waals surface area contributed by atoms with Gasteiger partial charge in [-0.05, 0) is 20.8 Å². The molecule has 0 radical (unpaired) electrons. The molecule has 3 rings (SSSR count). The predicted molar refractivity (Wildman–Crippen MR) is 90.1 cm³/mol. The molecule has 2 aromatic heterocycles. The number of amides is 1. The lowest BCUT2D eigenvalue weighted by atomic mass is 10.1. The number of aromatic nitrogens is 3. The number of halogens is 1. The van der Waals surface area contributed by atoms with Crippen LogP contribution in [0.15, 0.2) is 17.1 Å². The van der Waals surface area contributed by atoms with E-state index < -0.39 is 0 Å². The molecule has 1 fully saturated rings. The zero-order chi connectivity index (χ0) is 15.9. The Morgan fingerprint density at radius 2 is 2.17 bits per heavy atom. The predicted octanol–water partition coefficient (Wildman–Crippen LogP) is 0.504. The van der Waals surface area contributed by atoms with Gasteiger partial charge < -0.3 is 10.2 Å². The van der Waals surface area contributed by atoms with Crippen LogP contribution < -0.4 is 10.9 Å². The largest absolute Gasteiger partial charge is 0.337 e. The molecular weight excluding hydrogens is 318 g/mol. The first kappa shape index (κ1) is 17.5. The van der Waals surface area contributed by atoms with Crippen LogP contribution in [0, 0.1) is 6.92 Å². The highest BCUT2D eigenvalue weighted by Crippen LogP contribution is 2.12. The van der Waals surface area contributed by atoms with Gasteiger partial charge in [-0.15, -0.1) is 12.4 Å². The molecule has 0 bridgehead atoms. The van der Waals surface area contributed by atoms with Gasteiger partial charge in [-0.2, -0.15) is 0 Å². The van der Waals surface area contributed by atoms with E-state index in [4.69, 9.17) is 0 Å². The minimum absolute atomic E-state index is 0. The fourth-order valence-electron chi connectivity index (χ4n) is 2.97. The van der Waals surface area contributed by atoms with Crippen LogP contribution in [0.25, 0.3) is 5.65 Å². The molecule has 0 saturated carbocycles. The average molecular weight is 340 g/mol. The first-order chi connectivity index (χ1) is 10.5. The molecule has 2 atom stereocenters. The second-order valence-corrected chi connectivity index (χ2v) is 5.88. The summed E-state index contributed by atoms with van der Waals surface area (Å²) in [5.41, 5.74) is 1.46. The van der Waals surface area contributed by atoms with Crippen LogP contribution in [0.4, 0.5) is 0 Å². The Morgan fingerprint density at radius 1 is 1.43 bits per heavy atom. The maximum atomic E-state index is 12.6. The van der Waals surface area contributed by atoms with Crippen LogP contribution in [0.5, 0.6) is 0 Å². The Kier molecular flexibility index (Phi) is 5.11. The van der Waals surface area contributed by atoms with Gasteiger partial charge in [0.15, 0.2) is 5.65 Å². The third-order valence-electron chi connectivity index (χ3n) is 4.53. The third-order valence-corrected chi connectivity index (χ3v) is 4.53. The molecule has 8 heteroatoms. The first-order valence-electron chi connectivity index (χ1n) is 7.57. The summed E-state index contributed by atoms with van der Waals surface area (Å²) < 4.78 is 1.37. The minimum Gasteiger partial charge on any atom is -0.337 e. The smallest absolute Gasteiger partial charge is 0.276 e. The quantitative estimate of drug-likeness (QED) is 0.835. The summed E-state index contributed by atoms with van der Waals surface area (Å²) in [6.07, 6.45) is 1.76. The molecule has 1 aliphatic heterocycles. The van der Waals surface area contributed by atoms with Crippen molar-refractivity contribution in [2.75, 3.05) is 13.1 Å². The number of aryl methyl sites for hydroxylation is 1. The fourth-order valence-corrected chi connectivity index (χ4v) is 2.97. The van der Waals surface area contributed by atoms with Crippen LogP contribution in [-0.2, 0) is 11.2 Å². The SMILES string of the molecule is Cc1nc2cc[nH]n2c(=O)c1CC(=O)N1CCNC(C)C1C.Cl. The molecule has 0 aliphatic carbocycles. The number of aromatic amines is 1. The molecule has 1 amide bonds. The highest BCUT2D eigenvalue weighted by atomic mass is 35.5. The van der Waals surface area contributed by atoms with Crippen molar-refractivity contribution in [3.05, 3.63) is 33.9 Å². The van der Waals surface area contributed by atoms with E-state index in [1.807, 2.05) is 11.8 Å². The van der Waals surface area contributed by atoms with E-state index in [1.165, 1.54) is 4.52 Å². The van der Waals surface area contributed by atoms with Crippen molar-refractivity contribution >= 4 is 24.0 Å². The van der Waals surface area contributed by atoms with Crippen LogP contribution in [0.2, 0.25) is 0 Å². The Labute approximate surface area is 140 Å². The van der Waals surface area contributed by atoms with Gasteiger partial charge in [0.1, 0.15) is 0 Å². The number of carbonyl (C=O) groups is 1. The Hall–Kier alpha value is -1.86. The van der Waals surface area contributed by atoms with E-state index in [-0.39, 0.29) is 42.4 Å². The zero-order valence-corrected chi connectivity index (χ0v) is 14.3. The van der Waals surface area contributed by atoms with Crippen LogP contribution in [0.3, 0.4) is 0 Å². The lowest BCUT2D eigenvalue weighted by molar-refractivity contribution is -0.134. The molecule has 7 nitrogen and oxygen atoms in total. The lowest BCUT2D eigenvalue weighted by Gasteiger charge is -2.38. The highest BCUT2D eigenvalue weighted by molar-refractivity contribution is 5.85. The van der Waals surface area contributed by atoms with Gasteiger partial charge in [0.2, 0.25) is 5.91 Å². The summed E-state index contributed by atoms with van der Waals surface area (Å²) in [6.45, 7) is 7.32. The van der Waals surface area contributed by atoms with E-state index in [1.54, 1.807) is 19.2 Å². The van der Waals surface area contributed by atoms with Gasteiger partial charge in [0.05, 0.1) is 6.42 Å². The van der Waals surface area contributed by atoms with Crippen molar-refractivity contribution in [2.24, 2.45) is 0 Å². The van der Waals surface area contributed by atoms with Crippen molar-refractivity contribution in [3.63, 3.8) is 0 Å². The molecule has 1 aliphatic rings. The van der Waals surface area contributed by atoms with Gasteiger partial charge >= 0.3 is 0 Å². The number of piperazine rings is 1. The number of rotatable bonds is 2. The van der Waals surface area contributed by atoms with E-state index in [2.05, 4.69) is 22.3 Å². The van der Waals surface area contributed by atoms with Gasteiger partial charge in [0, 0.05) is 48.7 Å².